The topological polar surface area (TPSA) is 34.1 Å². The van der Waals surface area contributed by atoms with E-state index in [2.05, 4.69) is 0 Å². The molecule has 22 heavy (non-hydrogen) atoms. The van der Waals surface area contributed by atoms with E-state index < -0.39 is 54.9 Å². The maximum Gasteiger partial charge on any atom is 0.446 e. The van der Waals surface area contributed by atoms with Crippen molar-refractivity contribution in [2.24, 2.45) is 0 Å². The van der Waals surface area contributed by atoms with Crippen molar-refractivity contribution >= 4 is 27.8 Å². The van der Waals surface area contributed by atoms with Gasteiger partial charge in [-0.2, -0.15) is 34.8 Å². The number of halogens is 8. The molecule has 0 fully saturated rings. The van der Waals surface area contributed by atoms with E-state index in [1.54, 1.807) is 0 Å². The lowest BCUT2D eigenvalue weighted by Gasteiger charge is -2.22. The Morgan fingerprint density at radius 3 is 1.77 bits per heavy atom. The minimum Gasteiger partial charge on any atom is -0.200 e. The van der Waals surface area contributed by atoms with Crippen molar-refractivity contribution in [3.8, 4) is 0 Å². The third kappa shape index (κ3) is 3.72. The van der Waals surface area contributed by atoms with E-state index in [0.29, 0.717) is 24.3 Å². The van der Waals surface area contributed by atoms with Crippen LogP contribution in [-0.4, -0.2) is 18.9 Å². The number of rotatable bonds is 5. The summed E-state index contributed by atoms with van der Waals surface area (Å²) in [5.74, 6) is -1.94. The van der Waals surface area contributed by atoms with E-state index in [1.165, 1.54) is 0 Å². The van der Waals surface area contributed by atoms with Crippen molar-refractivity contribution in [1.29, 1.82) is 0 Å². The predicted octanol–water partition coefficient (Wildman–Crippen LogP) is 4.80. The Morgan fingerprint density at radius 2 is 1.41 bits per heavy atom. The van der Waals surface area contributed by atoms with Crippen LogP contribution in [0.2, 0.25) is 0 Å². The molecule has 12 heteroatoms. The first-order valence-electron chi connectivity index (χ1n) is 4.99. The fourth-order valence-electron chi connectivity index (χ4n) is 1.13. The molecule has 1 aromatic rings. The van der Waals surface area contributed by atoms with E-state index in [1.807, 2.05) is 0 Å². The van der Waals surface area contributed by atoms with E-state index in [4.69, 9.17) is 0 Å². The van der Waals surface area contributed by atoms with Gasteiger partial charge in [-0.1, -0.05) is 16.0 Å². The van der Waals surface area contributed by atoms with Crippen LogP contribution < -0.4 is 0 Å². The van der Waals surface area contributed by atoms with Gasteiger partial charge in [-0.15, -0.1) is 0 Å². The van der Waals surface area contributed by atoms with Crippen molar-refractivity contribution in [3.63, 3.8) is 0 Å². The first-order valence-corrected chi connectivity index (χ1v) is 7.19. The molecule has 2 nitrogen and oxygen atoms in total. The average Bonchev–Trinajstić information content (AvgIpc) is 2.36. The lowest BCUT2D eigenvalue weighted by molar-refractivity contribution is -0.0927. The van der Waals surface area contributed by atoms with Crippen LogP contribution in [0.4, 0.5) is 34.6 Å². The van der Waals surface area contributed by atoms with E-state index >= 15 is 0 Å². The largest absolute Gasteiger partial charge is 0.446 e. The van der Waals surface area contributed by atoms with Gasteiger partial charge < -0.3 is 0 Å². The highest BCUT2D eigenvalue weighted by Gasteiger charge is 2.67. The molecule has 0 heterocycles. The minimum atomic E-state index is -6.88. The zero-order chi connectivity index (χ0) is 17.3. The van der Waals surface area contributed by atoms with Crippen molar-refractivity contribution < 1.29 is 43.0 Å². The van der Waals surface area contributed by atoms with Crippen molar-refractivity contribution in [3.05, 3.63) is 35.9 Å². The summed E-state index contributed by atoms with van der Waals surface area (Å²) in [5, 5.41) is -11.4. The molecule has 124 valence electrons. The van der Waals surface area contributed by atoms with Crippen LogP contribution in [0.5, 0.6) is 0 Å². The summed E-state index contributed by atoms with van der Waals surface area (Å²) in [6, 6.07) is 2.29. The quantitative estimate of drug-likeness (QED) is 0.423. The van der Waals surface area contributed by atoms with Crippen molar-refractivity contribution in [2.75, 3.05) is 0 Å². The number of alkyl halides is 4. The van der Waals surface area contributed by atoms with Crippen molar-refractivity contribution in [2.45, 2.75) is 15.4 Å². The zero-order valence-corrected chi connectivity index (χ0v) is 11.6. The monoisotopic (exact) mass is 372 g/mol. The molecule has 0 amide bonds. The Kier molecular flexibility index (Phi) is 5.17. The molecule has 0 saturated heterocycles. The second kappa shape index (κ2) is 6.07. The zero-order valence-electron chi connectivity index (χ0n) is 9.97. The number of hydrogen-bond donors (Lipinski definition) is 0. The molecule has 0 aromatic heterocycles. The van der Waals surface area contributed by atoms with Gasteiger partial charge >= 0.3 is 26.8 Å². The van der Waals surface area contributed by atoms with Gasteiger partial charge in [0.2, 0.25) is 0 Å². The second-order valence-electron chi connectivity index (χ2n) is 3.67. The normalized spacial score (nSPS) is 13.1. The third-order valence-corrected chi connectivity index (χ3v) is 4.18. The van der Waals surface area contributed by atoms with Crippen LogP contribution in [0.25, 0.3) is 5.83 Å². The first-order chi connectivity index (χ1) is 9.79. The fraction of sp³-hybridized carbons (Fsp3) is 0.200. The smallest absolute Gasteiger partial charge is 0.200 e. The van der Waals surface area contributed by atoms with E-state index in [9.17, 15) is 43.0 Å². The molecule has 0 aliphatic rings. The van der Waals surface area contributed by atoms with Crippen LogP contribution in [0.1, 0.15) is 5.56 Å². The number of hydrogen-bond acceptors (Lipinski definition) is 3. The molecule has 0 N–H and O–H groups in total. The van der Waals surface area contributed by atoms with Gasteiger partial charge in [0.1, 0.15) is 0 Å². The van der Waals surface area contributed by atoms with Crippen LogP contribution in [-0.2, 0) is 10.2 Å². The SMILES string of the molecule is O=S(=O)(F)C(F)(F)C(F)(F)Sc1ccc(C(F)=C(F)F)cc1. The van der Waals surface area contributed by atoms with Gasteiger partial charge in [0, 0.05) is 10.5 Å². The van der Waals surface area contributed by atoms with Crippen LogP contribution in [0, 0.1) is 0 Å². The highest BCUT2D eigenvalue weighted by molar-refractivity contribution is 8.01. The molecule has 0 saturated carbocycles. The van der Waals surface area contributed by atoms with E-state index in [-0.39, 0.29) is 0 Å². The molecular weight excluding hydrogens is 368 g/mol. The number of thioether (sulfide) groups is 1. The Hall–Kier alpha value is -1.30. The minimum absolute atomic E-state index is 0.567. The molecule has 1 rings (SSSR count). The van der Waals surface area contributed by atoms with Gasteiger partial charge in [-0.05, 0) is 23.9 Å². The summed E-state index contributed by atoms with van der Waals surface area (Å²) in [5.41, 5.74) is -0.711. The lowest BCUT2D eigenvalue weighted by atomic mass is 10.2. The van der Waals surface area contributed by atoms with Gasteiger partial charge in [0.25, 0.3) is 0 Å². The fourth-order valence-corrected chi connectivity index (χ4v) is 2.52. The van der Waals surface area contributed by atoms with Gasteiger partial charge in [-0.3, -0.25) is 0 Å². The molecule has 0 unspecified atom stereocenters. The van der Waals surface area contributed by atoms with Crippen molar-refractivity contribution in [1.82, 2.24) is 0 Å². The Labute approximate surface area is 123 Å². The molecule has 0 spiro atoms. The van der Waals surface area contributed by atoms with E-state index in [0.717, 1.165) is 0 Å². The maximum absolute atomic E-state index is 13.2. The number of benzene rings is 1. The Balaban J connectivity index is 3.08. The molecule has 0 bridgehead atoms. The van der Waals surface area contributed by atoms with Gasteiger partial charge in [0.15, 0.2) is 5.83 Å². The standard InChI is InChI=1S/C10H4F8O2S2/c11-7(8(12)13)5-1-3-6(4-2-5)21-9(14,15)10(16,17)22(18,19)20/h1-4H. The third-order valence-electron chi connectivity index (χ3n) is 2.16. The summed E-state index contributed by atoms with van der Waals surface area (Å²) >= 11 is -1.02. The Bertz CT molecular complexity index is 677. The summed E-state index contributed by atoms with van der Waals surface area (Å²) in [4.78, 5) is -0.718. The predicted molar refractivity (Wildman–Crippen MR) is 62.5 cm³/mol. The Morgan fingerprint density at radius 1 is 0.955 bits per heavy atom. The molecule has 0 aliphatic carbocycles. The summed E-state index contributed by atoms with van der Waals surface area (Å²) in [7, 11) is -6.88. The molecule has 0 atom stereocenters. The van der Waals surface area contributed by atoms with Gasteiger partial charge in [0.05, 0.1) is 0 Å². The highest BCUT2D eigenvalue weighted by atomic mass is 32.3. The first kappa shape index (κ1) is 18.7. The maximum atomic E-state index is 13.2. The lowest BCUT2D eigenvalue weighted by Crippen LogP contribution is -2.42. The van der Waals surface area contributed by atoms with Gasteiger partial charge in [-0.25, -0.2) is 4.39 Å². The summed E-state index contributed by atoms with van der Waals surface area (Å²) < 4.78 is 121. The highest BCUT2D eigenvalue weighted by Crippen LogP contribution is 2.50. The molecular formula is C10H4F8O2S2. The van der Waals surface area contributed by atoms with Crippen LogP contribution in [0.3, 0.4) is 0 Å². The van der Waals surface area contributed by atoms with Crippen LogP contribution in [0.15, 0.2) is 35.2 Å². The molecule has 0 radical (unpaired) electrons. The summed E-state index contributed by atoms with van der Waals surface area (Å²) in [6.07, 6.45) is -2.68. The molecule has 0 aliphatic heterocycles. The summed E-state index contributed by atoms with van der Waals surface area (Å²) in [6.45, 7) is 0. The molecule has 1 aromatic carbocycles. The second-order valence-corrected chi connectivity index (χ2v) is 6.25. The van der Waals surface area contributed by atoms with Crippen LogP contribution >= 0.6 is 11.8 Å². The average molecular weight is 372 g/mol.